The normalized spacial score (nSPS) is 29.2. The van der Waals surface area contributed by atoms with Crippen LogP contribution >= 0.6 is 0 Å². The Morgan fingerprint density at radius 1 is 1.50 bits per heavy atom. The molecule has 1 amide bonds. The maximum Gasteiger partial charge on any atom is 0.237 e. The van der Waals surface area contributed by atoms with Crippen LogP contribution in [0, 0.1) is 0 Å². The van der Waals surface area contributed by atoms with Crippen molar-refractivity contribution < 1.29 is 9.18 Å². The molecule has 0 spiro atoms. The average Bonchev–Trinajstić information content (AvgIpc) is 2.26. The quantitative estimate of drug-likeness (QED) is 0.686. The summed E-state index contributed by atoms with van der Waals surface area (Å²) in [5.74, 6) is -0.0693. The van der Waals surface area contributed by atoms with Crippen LogP contribution in [0.4, 0.5) is 4.39 Å². The summed E-state index contributed by atoms with van der Waals surface area (Å²) < 4.78 is 13.0. The van der Waals surface area contributed by atoms with Crippen LogP contribution in [0.5, 0.6) is 0 Å². The Morgan fingerprint density at radius 2 is 2.07 bits per heavy atom. The van der Waals surface area contributed by atoms with E-state index in [9.17, 15) is 9.18 Å². The predicted molar refractivity (Wildman–Crippen MR) is 53.8 cm³/mol. The Morgan fingerprint density at radius 3 is 2.43 bits per heavy atom. The first-order valence-corrected chi connectivity index (χ1v) is 4.96. The first kappa shape index (κ1) is 11.4. The maximum atomic E-state index is 13.0. The van der Waals surface area contributed by atoms with Gasteiger partial charge in [-0.25, -0.2) is 4.39 Å². The molecule has 0 aromatic carbocycles. The lowest BCUT2D eigenvalue weighted by Gasteiger charge is -2.25. The Kier molecular flexibility index (Phi) is 3.14. The van der Waals surface area contributed by atoms with Gasteiger partial charge in [0, 0.05) is 18.5 Å². The van der Waals surface area contributed by atoms with Gasteiger partial charge >= 0.3 is 0 Å². The molecule has 14 heavy (non-hydrogen) atoms. The lowest BCUT2D eigenvalue weighted by atomic mass is 10.1. The smallest absolute Gasteiger partial charge is 0.237 e. The van der Waals surface area contributed by atoms with Crippen molar-refractivity contribution in [1.82, 2.24) is 10.2 Å². The summed E-state index contributed by atoms with van der Waals surface area (Å²) in [4.78, 5) is 13.5. The maximum absolute atomic E-state index is 13.0. The number of halogens is 1. The largest absolute Gasteiger partial charge is 0.350 e. The lowest BCUT2D eigenvalue weighted by Crippen LogP contribution is -2.49. The molecule has 1 N–H and O–H groups in total. The van der Waals surface area contributed by atoms with Crippen LogP contribution in [0.2, 0.25) is 0 Å². The zero-order chi connectivity index (χ0) is 10.9. The minimum absolute atomic E-state index is 0.0693. The number of amides is 1. The molecule has 1 saturated heterocycles. The number of hydrogen-bond donors (Lipinski definition) is 1. The third-order valence-electron chi connectivity index (χ3n) is 2.30. The summed E-state index contributed by atoms with van der Waals surface area (Å²) in [6.07, 6.45) is -0.547. The zero-order valence-electron chi connectivity index (χ0n) is 9.30. The van der Waals surface area contributed by atoms with Gasteiger partial charge in [-0.1, -0.05) is 0 Å². The molecule has 0 unspecified atom stereocenters. The molecule has 0 aromatic rings. The minimum atomic E-state index is -0.865. The molecule has 0 saturated carbocycles. The van der Waals surface area contributed by atoms with E-state index >= 15 is 0 Å². The van der Waals surface area contributed by atoms with Gasteiger partial charge in [0.05, 0.1) is 6.04 Å². The van der Waals surface area contributed by atoms with Crippen LogP contribution < -0.4 is 5.32 Å². The van der Waals surface area contributed by atoms with E-state index in [4.69, 9.17) is 0 Å². The zero-order valence-corrected chi connectivity index (χ0v) is 9.30. The molecular formula is C10H19FN2O. The fraction of sp³-hybridized carbons (Fsp3) is 0.900. The second-order valence-corrected chi connectivity index (χ2v) is 5.03. The van der Waals surface area contributed by atoms with Gasteiger partial charge in [-0.05, 0) is 27.8 Å². The molecule has 82 valence electrons. The number of carbonyl (C=O) groups is 1. The number of nitrogens with zero attached hydrogens (tertiary/aromatic N) is 1. The van der Waals surface area contributed by atoms with Crippen molar-refractivity contribution in [3.63, 3.8) is 0 Å². The highest BCUT2D eigenvalue weighted by Gasteiger charge is 2.35. The molecule has 0 aliphatic carbocycles. The third kappa shape index (κ3) is 2.94. The van der Waals surface area contributed by atoms with E-state index in [0.29, 0.717) is 13.0 Å². The molecule has 4 heteroatoms. The molecule has 0 aromatic heterocycles. The van der Waals surface area contributed by atoms with E-state index in [1.165, 1.54) is 0 Å². The standard InChI is InChI=1S/C10H19FN2O/c1-10(2,3)12-9(14)8-5-7(11)6-13(8)4/h7-8H,5-6H2,1-4H3,(H,12,14)/t7-,8-/m0/s1. The SMILES string of the molecule is CN1C[C@@H](F)C[C@H]1C(=O)NC(C)(C)C. The Bertz CT molecular complexity index is 225. The number of likely N-dealkylation sites (N-methyl/N-ethyl adjacent to an activating group) is 1. The second-order valence-electron chi connectivity index (χ2n) is 5.03. The van der Waals surface area contributed by atoms with Crippen molar-refractivity contribution in [2.24, 2.45) is 0 Å². The van der Waals surface area contributed by atoms with Crippen molar-refractivity contribution in [1.29, 1.82) is 0 Å². The van der Waals surface area contributed by atoms with Gasteiger partial charge in [-0.3, -0.25) is 9.69 Å². The van der Waals surface area contributed by atoms with Crippen molar-refractivity contribution in [3.05, 3.63) is 0 Å². The van der Waals surface area contributed by atoms with E-state index in [-0.39, 0.29) is 17.5 Å². The van der Waals surface area contributed by atoms with Crippen LogP contribution in [0.15, 0.2) is 0 Å². The highest BCUT2D eigenvalue weighted by Crippen LogP contribution is 2.19. The van der Waals surface area contributed by atoms with Crippen LogP contribution in [-0.4, -0.2) is 42.2 Å². The monoisotopic (exact) mass is 202 g/mol. The van der Waals surface area contributed by atoms with Gasteiger partial charge in [-0.2, -0.15) is 0 Å². The minimum Gasteiger partial charge on any atom is -0.350 e. The average molecular weight is 202 g/mol. The van der Waals surface area contributed by atoms with Crippen LogP contribution in [-0.2, 0) is 4.79 Å². The summed E-state index contributed by atoms with van der Waals surface area (Å²) in [6.45, 7) is 6.13. The van der Waals surface area contributed by atoms with E-state index in [1.54, 1.807) is 11.9 Å². The van der Waals surface area contributed by atoms with Crippen molar-refractivity contribution in [2.45, 2.75) is 44.9 Å². The lowest BCUT2D eigenvalue weighted by molar-refractivity contribution is -0.126. The van der Waals surface area contributed by atoms with E-state index < -0.39 is 6.17 Å². The van der Waals surface area contributed by atoms with E-state index in [0.717, 1.165) is 0 Å². The number of carbonyl (C=O) groups excluding carboxylic acids is 1. The highest BCUT2D eigenvalue weighted by atomic mass is 19.1. The number of hydrogen-bond acceptors (Lipinski definition) is 2. The molecule has 0 radical (unpaired) electrons. The van der Waals surface area contributed by atoms with E-state index in [1.807, 2.05) is 20.8 Å². The first-order chi connectivity index (χ1) is 6.29. The Hall–Kier alpha value is -0.640. The van der Waals surface area contributed by atoms with Crippen molar-refractivity contribution in [2.75, 3.05) is 13.6 Å². The number of rotatable bonds is 1. The summed E-state index contributed by atoms with van der Waals surface area (Å²) in [5.41, 5.74) is -0.244. The van der Waals surface area contributed by atoms with Gasteiger partial charge in [-0.15, -0.1) is 0 Å². The van der Waals surface area contributed by atoms with Crippen LogP contribution in [0.25, 0.3) is 0 Å². The number of nitrogens with one attached hydrogen (secondary N) is 1. The molecule has 0 bridgehead atoms. The van der Waals surface area contributed by atoms with Gasteiger partial charge in [0.1, 0.15) is 6.17 Å². The Labute approximate surface area is 84.7 Å². The highest BCUT2D eigenvalue weighted by molar-refractivity contribution is 5.82. The Balaban J connectivity index is 2.53. The van der Waals surface area contributed by atoms with Gasteiger partial charge in [0.25, 0.3) is 0 Å². The molecule has 1 fully saturated rings. The third-order valence-corrected chi connectivity index (χ3v) is 2.30. The topological polar surface area (TPSA) is 32.3 Å². The molecular weight excluding hydrogens is 183 g/mol. The second kappa shape index (κ2) is 3.85. The predicted octanol–water partition coefficient (Wildman–Crippen LogP) is 0.943. The summed E-state index contributed by atoms with van der Waals surface area (Å²) in [5, 5.41) is 2.86. The molecule has 1 aliphatic rings. The molecule has 1 rings (SSSR count). The summed E-state index contributed by atoms with van der Waals surface area (Å²) in [6, 6.07) is -0.302. The van der Waals surface area contributed by atoms with E-state index in [2.05, 4.69) is 5.32 Å². The van der Waals surface area contributed by atoms with Crippen LogP contribution in [0.1, 0.15) is 27.2 Å². The van der Waals surface area contributed by atoms with Gasteiger partial charge < -0.3 is 5.32 Å². The van der Waals surface area contributed by atoms with Crippen LogP contribution in [0.3, 0.4) is 0 Å². The fourth-order valence-electron chi connectivity index (χ4n) is 1.70. The first-order valence-electron chi connectivity index (χ1n) is 4.96. The number of likely N-dealkylation sites (tertiary alicyclic amines) is 1. The van der Waals surface area contributed by atoms with Gasteiger partial charge in [0.2, 0.25) is 5.91 Å². The summed E-state index contributed by atoms with van der Waals surface area (Å²) in [7, 11) is 1.78. The summed E-state index contributed by atoms with van der Waals surface area (Å²) >= 11 is 0. The molecule has 3 nitrogen and oxygen atoms in total. The molecule has 1 heterocycles. The van der Waals surface area contributed by atoms with Crippen molar-refractivity contribution in [3.8, 4) is 0 Å². The fourth-order valence-corrected chi connectivity index (χ4v) is 1.70. The molecule has 1 aliphatic heterocycles. The molecule has 2 atom stereocenters. The van der Waals surface area contributed by atoms with Crippen molar-refractivity contribution >= 4 is 5.91 Å². The van der Waals surface area contributed by atoms with Gasteiger partial charge in [0.15, 0.2) is 0 Å². The number of alkyl halides is 1.